The maximum atomic E-state index is 13.5. The molecule has 0 amide bonds. The fourth-order valence-electron chi connectivity index (χ4n) is 2.80. The highest BCUT2D eigenvalue weighted by Crippen LogP contribution is 2.33. The molecule has 1 heterocycles. The molecule has 0 bridgehead atoms. The van der Waals surface area contributed by atoms with Gasteiger partial charge in [-0.1, -0.05) is 25.7 Å². The highest BCUT2D eigenvalue weighted by Gasteiger charge is 2.28. The fraction of sp³-hybridized carbons (Fsp3) is 1.00. The molecule has 0 radical (unpaired) electrons. The second kappa shape index (κ2) is 4.41. The monoisotopic (exact) mass is 185 g/mol. The highest BCUT2D eigenvalue weighted by atomic mass is 19.1. The topological polar surface area (TPSA) is 12.0 Å². The van der Waals surface area contributed by atoms with Crippen molar-refractivity contribution in [3.63, 3.8) is 0 Å². The highest BCUT2D eigenvalue weighted by molar-refractivity contribution is 4.81. The van der Waals surface area contributed by atoms with Gasteiger partial charge >= 0.3 is 0 Å². The summed E-state index contributed by atoms with van der Waals surface area (Å²) in [5, 5.41) is 3.30. The first kappa shape index (κ1) is 9.45. The molecule has 0 aromatic rings. The molecular weight excluding hydrogens is 165 g/mol. The molecule has 1 aliphatic heterocycles. The van der Waals surface area contributed by atoms with E-state index < -0.39 is 6.17 Å². The minimum Gasteiger partial charge on any atom is -0.316 e. The maximum absolute atomic E-state index is 13.5. The molecule has 2 rings (SSSR count). The van der Waals surface area contributed by atoms with Crippen LogP contribution in [0.2, 0.25) is 0 Å². The van der Waals surface area contributed by atoms with Crippen molar-refractivity contribution in [1.29, 1.82) is 0 Å². The summed E-state index contributed by atoms with van der Waals surface area (Å²) >= 11 is 0. The van der Waals surface area contributed by atoms with E-state index in [0.717, 1.165) is 31.8 Å². The van der Waals surface area contributed by atoms with Crippen LogP contribution in [0.15, 0.2) is 0 Å². The van der Waals surface area contributed by atoms with E-state index in [-0.39, 0.29) is 0 Å². The smallest absolute Gasteiger partial charge is 0.105 e. The van der Waals surface area contributed by atoms with Gasteiger partial charge < -0.3 is 5.32 Å². The predicted molar refractivity (Wildman–Crippen MR) is 52.4 cm³/mol. The number of hydrogen-bond donors (Lipinski definition) is 1. The maximum Gasteiger partial charge on any atom is 0.105 e. The van der Waals surface area contributed by atoms with Crippen LogP contribution >= 0.6 is 0 Å². The molecule has 0 aromatic heterocycles. The van der Waals surface area contributed by atoms with E-state index in [0.29, 0.717) is 5.92 Å². The molecule has 1 aliphatic carbocycles. The summed E-state index contributed by atoms with van der Waals surface area (Å²) in [6.07, 6.45) is 6.79. The molecule has 2 atom stereocenters. The Kier molecular flexibility index (Phi) is 3.20. The first-order valence-corrected chi connectivity index (χ1v) is 5.71. The first-order chi connectivity index (χ1) is 6.36. The van der Waals surface area contributed by atoms with E-state index in [2.05, 4.69) is 5.32 Å². The van der Waals surface area contributed by atoms with Crippen molar-refractivity contribution in [2.24, 2.45) is 11.8 Å². The van der Waals surface area contributed by atoms with Crippen molar-refractivity contribution in [2.45, 2.75) is 44.7 Å². The number of hydrogen-bond acceptors (Lipinski definition) is 1. The van der Waals surface area contributed by atoms with Gasteiger partial charge in [-0.3, -0.25) is 0 Å². The summed E-state index contributed by atoms with van der Waals surface area (Å²) in [5.41, 5.74) is 0. The Bertz CT molecular complexity index is 154. The number of halogens is 1. The van der Waals surface area contributed by atoms with E-state index in [1.165, 1.54) is 25.7 Å². The quantitative estimate of drug-likeness (QED) is 0.697. The molecule has 2 fully saturated rings. The van der Waals surface area contributed by atoms with Gasteiger partial charge in [0.05, 0.1) is 0 Å². The van der Waals surface area contributed by atoms with Crippen molar-refractivity contribution in [2.75, 3.05) is 13.1 Å². The molecule has 1 saturated heterocycles. The fourth-order valence-corrected chi connectivity index (χ4v) is 2.80. The molecule has 0 spiro atoms. The minimum absolute atomic E-state index is 0.317. The zero-order valence-electron chi connectivity index (χ0n) is 8.27. The van der Waals surface area contributed by atoms with Crippen LogP contribution in [0.3, 0.4) is 0 Å². The van der Waals surface area contributed by atoms with Crippen LogP contribution in [0.5, 0.6) is 0 Å². The van der Waals surface area contributed by atoms with Gasteiger partial charge in [-0.2, -0.15) is 0 Å². The van der Waals surface area contributed by atoms with Gasteiger partial charge in [0, 0.05) is 12.5 Å². The Morgan fingerprint density at radius 2 is 1.92 bits per heavy atom. The van der Waals surface area contributed by atoms with E-state index in [1.54, 1.807) is 0 Å². The molecule has 1 saturated carbocycles. The van der Waals surface area contributed by atoms with Crippen molar-refractivity contribution in [1.82, 2.24) is 5.32 Å². The van der Waals surface area contributed by atoms with Gasteiger partial charge in [0.25, 0.3) is 0 Å². The minimum atomic E-state index is -0.526. The molecule has 1 nitrogen and oxygen atoms in total. The van der Waals surface area contributed by atoms with Gasteiger partial charge in [-0.15, -0.1) is 0 Å². The lowest BCUT2D eigenvalue weighted by molar-refractivity contribution is 0.153. The summed E-state index contributed by atoms with van der Waals surface area (Å²) in [6.45, 7) is 1.79. The average molecular weight is 185 g/mol. The van der Waals surface area contributed by atoms with Crippen LogP contribution in [0.25, 0.3) is 0 Å². The number of alkyl halides is 1. The van der Waals surface area contributed by atoms with Crippen molar-refractivity contribution >= 4 is 0 Å². The lowest BCUT2D eigenvalue weighted by Crippen LogP contribution is -2.38. The largest absolute Gasteiger partial charge is 0.316 e. The Morgan fingerprint density at radius 3 is 2.62 bits per heavy atom. The van der Waals surface area contributed by atoms with E-state index >= 15 is 0 Å². The lowest BCUT2D eigenvalue weighted by atomic mass is 9.87. The van der Waals surface area contributed by atoms with Crippen LogP contribution in [-0.2, 0) is 0 Å². The second-order valence-electron chi connectivity index (χ2n) is 4.66. The van der Waals surface area contributed by atoms with Gasteiger partial charge in [0.15, 0.2) is 0 Å². The number of nitrogens with one attached hydrogen (secondary N) is 1. The Balaban J connectivity index is 1.78. The van der Waals surface area contributed by atoms with Gasteiger partial charge in [0.1, 0.15) is 6.17 Å². The van der Waals surface area contributed by atoms with E-state index in [9.17, 15) is 4.39 Å². The van der Waals surface area contributed by atoms with Gasteiger partial charge in [-0.05, 0) is 25.3 Å². The Labute approximate surface area is 80.1 Å². The van der Waals surface area contributed by atoms with E-state index in [4.69, 9.17) is 0 Å². The summed E-state index contributed by atoms with van der Waals surface area (Å²) in [7, 11) is 0. The lowest BCUT2D eigenvalue weighted by Gasteiger charge is -2.28. The zero-order valence-corrected chi connectivity index (χ0v) is 8.27. The van der Waals surface area contributed by atoms with Crippen LogP contribution in [0.4, 0.5) is 4.39 Å². The first-order valence-electron chi connectivity index (χ1n) is 5.71. The molecule has 13 heavy (non-hydrogen) atoms. The Morgan fingerprint density at radius 1 is 1.15 bits per heavy atom. The Hall–Kier alpha value is -0.110. The van der Waals surface area contributed by atoms with Crippen LogP contribution in [0.1, 0.15) is 38.5 Å². The van der Waals surface area contributed by atoms with Crippen molar-refractivity contribution in [3.05, 3.63) is 0 Å². The van der Waals surface area contributed by atoms with Gasteiger partial charge in [-0.25, -0.2) is 4.39 Å². The van der Waals surface area contributed by atoms with Crippen LogP contribution in [0, 0.1) is 11.8 Å². The van der Waals surface area contributed by atoms with Gasteiger partial charge in [0.2, 0.25) is 0 Å². The molecule has 2 aliphatic rings. The van der Waals surface area contributed by atoms with Crippen LogP contribution < -0.4 is 5.32 Å². The standard InChI is InChI=1S/C11H20FN/c12-11-5-6-13-8-10(11)7-9-3-1-2-4-9/h9-11,13H,1-8H2. The summed E-state index contributed by atoms with van der Waals surface area (Å²) < 4.78 is 13.5. The molecular formula is C11H20FN. The van der Waals surface area contributed by atoms with Crippen molar-refractivity contribution < 1.29 is 4.39 Å². The van der Waals surface area contributed by atoms with Crippen molar-refractivity contribution in [3.8, 4) is 0 Å². The predicted octanol–water partition coefficient (Wildman–Crippen LogP) is 2.51. The zero-order chi connectivity index (χ0) is 9.10. The summed E-state index contributed by atoms with van der Waals surface area (Å²) in [4.78, 5) is 0. The normalized spacial score (nSPS) is 36.7. The third kappa shape index (κ3) is 2.43. The molecule has 2 unspecified atom stereocenters. The summed E-state index contributed by atoms with van der Waals surface area (Å²) in [6, 6.07) is 0. The molecule has 1 N–H and O–H groups in total. The molecule has 76 valence electrons. The SMILES string of the molecule is FC1CCNCC1CC1CCCC1. The van der Waals surface area contributed by atoms with Crippen LogP contribution in [-0.4, -0.2) is 19.3 Å². The number of rotatable bonds is 2. The third-order valence-corrected chi connectivity index (χ3v) is 3.63. The third-order valence-electron chi connectivity index (χ3n) is 3.63. The van der Waals surface area contributed by atoms with E-state index in [1.807, 2.05) is 0 Å². The second-order valence-corrected chi connectivity index (χ2v) is 4.66. The average Bonchev–Trinajstić information content (AvgIpc) is 2.61. The summed E-state index contributed by atoms with van der Waals surface area (Å²) in [5.74, 6) is 1.15. The molecule has 2 heteroatoms. The number of piperidine rings is 1. The molecule has 0 aromatic carbocycles.